The molecule has 2 N–H and O–H groups in total. The van der Waals surface area contributed by atoms with Crippen molar-refractivity contribution in [3.8, 4) is 17.2 Å². The maximum absolute atomic E-state index is 10.3. The molecule has 0 aliphatic heterocycles. The quantitative estimate of drug-likeness (QED) is 0.825. The standard InChI is InChI=1S/C11H10N2O4/c14-10-4-2-1-3-9(10)13-6-8(5-12-13)17-7-11(15)16/h1-6,14H,7H2,(H,15,16). The van der Waals surface area contributed by atoms with Crippen molar-refractivity contribution in [3.05, 3.63) is 36.7 Å². The Kier molecular flexibility index (Phi) is 2.95. The number of aromatic nitrogens is 2. The first-order valence-corrected chi connectivity index (χ1v) is 4.84. The molecular formula is C11H10N2O4. The fourth-order valence-corrected chi connectivity index (χ4v) is 1.32. The highest BCUT2D eigenvalue weighted by Crippen LogP contribution is 2.21. The van der Waals surface area contributed by atoms with Gasteiger partial charge in [-0.1, -0.05) is 12.1 Å². The monoisotopic (exact) mass is 234 g/mol. The summed E-state index contributed by atoms with van der Waals surface area (Å²) in [6.07, 6.45) is 2.88. The number of carboxylic acid groups (broad SMARTS) is 1. The molecule has 88 valence electrons. The number of benzene rings is 1. The van der Waals surface area contributed by atoms with E-state index < -0.39 is 12.6 Å². The van der Waals surface area contributed by atoms with Crippen molar-refractivity contribution in [1.82, 2.24) is 9.78 Å². The van der Waals surface area contributed by atoms with Gasteiger partial charge in [-0.25, -0.2) is 9.48 Å². The van der Waals surface area contributed by atoms with E-state index in [-0.39, 0.29) is 5.75 Å². The van der Waals surface area contributed by atoms with Crippen molar-refractivity contribution in [2.75, 3.05) is 6.61 Å². The Bertz CT molecular complexity index is 536. The first kappa shape index (κ1) is 11.0. The summed E-state index contributed by atoms with van der Waals surface area (Å²) in [4.78, 5) is 10.3. The largest absolute Gasteiger partial charge is 0.506 e. The van der Waals surface area contributed by atoms with E-state index in [9.17, 15) is 9.90 Å². The van der Waals surface area contributed by atoms with Gasteiger partial charge in [-0.15, -0.1) is 0 Å². The minimum atomic E-state index is -1.06. The molecule has 17 heavy (non-hydrogen) atoms. The summed E-state index contributed by atoms with van der Waals surface area (Å²) in [7, 11) is 0. The van der Waals surface area contributed by atoms with Crippen LogP contribution in [0, 0.1) is 0 Å². The van der Waals surface area contributed by atoms with Gasteiger partial charge < -0.3 is 14.9 Å². The molecule has 0 radical (unpaired) electrons. The molecule has 0 aliphatic carbocycles. The van der Waals surface area contributed by atoms with Gasteiger partial charge in [0, 0.05) is 0 Å². The van der Waals surface area contributed by atoms with E-state index in [1.165, 1.54) is 23.1 Å². The second-order valence-corrected chi connectivity index (χ2v) is 3.29. The van der Waals surface area contributed by atoms with Gasteiger partial charge in [0.05, 0.1) is 12.4 Å². The van der Waals surface area contributed by atoms with Crippen LogP contribution in [-0.2, 0) is 4.79 Å². The number of rotatable bonds is 4. The zero-order valence-electron chi connectivity index (χ0n) is 8.78. The Morgan fingerprint density at radius 3 is 2.88 bits per heavy atom. The molecule has 1 aromatic heterocycles. The normalized spacial score (nSPS) is 10.1. The number of aliphatic carboxylic acids is 1. The van der Waals surface area contributed by atoms with Crippen molar-refractivity contribution in [1.29, 1.82) is 0 Å². The zero-order valence-corrected chi connectivity index (χ0v) is 8.78. The molecule has 0 unspecified atom stereocenters. The average Bonchev–Trinajstić information content (AvgIpc) is 2.75. The highest BCUT2D eigenvalue weighted by atomic mass is 16.5. The molecule has 6 nitrogen and oxygen atoms in total. The Hall–Kier alpha value is -2.50. The lowest BCUT2D eigenvalue weighted by Crippen LogP contribution is -2.08. The molecule has 0 saturated heterocycles. The number of hydrogen-bond acceptors (Lipinski definition) is 4. The zero-order chi connectivity index (χ0) is 12.3. The Morgan fingerprint density at radius 2 is 2.18 bits per heavy atom. The Balaban J connectivity index is 2.18. The smallest absolute Gasteiger partial charge is 0.341 e. The fraction of sp³-hybridized carbons (Fsp3) is 0.0909. The van der Waals surface area contributed by atoms with Crippen LogP contribution in [0.1, 0.15) is 0 Å². The summed E-state index contributed by atoms with van der Waals surface area (Å²) in [6, 6.07) is 6.68. The van der Waals surface area contributed by atoms with Gasteiger partial charge in [-0.2, -0.15) is 5.10 Å². The molecule has 0 fully saturated rings. The lowest BCUT2D eigenvalue weighted by atomic mass is 10.3. The molecule has 1 heterocycles. The van der Waals surface area contributed by atoms with Crippen molar-refractivity contribution in [3.63, 3.8) is 0 Å². The molecule has 0 amide bonds. The van der Waals surface area contributed by atoms with Crippen LogP contribution in [0.2, 0.25) is 0 Å². The van der Waals surface area contributed by atoms with Crippen molar-refractivity contribution >= 4 is 5.97 Å². The summed E-state index contributed by atoms with van der Waals surface area (Å²) in [6.45, 7) is -0.424. The molecule has 0 saturated carbocycles. The summed E-state index contributed by atoms with van der Waals surface area (Å²) >= 11 is 0. The van der Waals surface area contributed by atoms with Crippen LogP contribution in [0.4, 0.5) is 0 Å². The van der Waals surface area contributed by atoms with Crippen LogP contribution in [0.5, 0.6) is 11.5 Å². The fourth-order valence-electron chi connectivity index (χ4n) is 1.32. The number of phenols is 1. The predicted octanol–water partition coefficient (Wildman–Crippen LogP) is 1.04. The average molecular weight is 234 g/mol. The van der Waals surface area contributed by atoms with Gasteiger partial charge in [0.15, 0.2) is 12.4 Å². The molecule has 0 atom stereocenters. The van der Waals surface area contributed by atoms with E-state index in [1.807, 2.05) is 0 Å². The van der Waals surface area contributed by atoms with Gasteiger partial charge in [-0.3, -0.25) is 0 Å². The predicted molar refractivity (Wildman–Crippen MR) is 58.4 cm³/mol. The molecule has 1 aromatic carbocycles. The first-order valence-electron chi connectivity index (χ1n) is 4.84. The lowest BCUT2D eigenvalue weighted by Gasteiger charge is -2.02. The minimum Gasteiger partial charge on any atom is -0.506 e. The van der Waals surface area contributed by atoms with Crippen molar-refractivity contribution in [2.24, 2.45) is 0 Å². The topological polar surface area (TPSA) is 84.6 Å². The van der Waals surface area contributed by atoms with E-state index in [1.54, 1.807) is 18.2 Å². The maximum atomic E-state index is 10.3. The molecule has 2 aromatic rings. The highest BCUT2D eigenvalue weighted by molar-refractivity contribution is 5.68. The summed E-state index contributed by atoms with van der Waals surface area (Å²) in [5.41, 5.74) is 0.498. The highest BCUT2D eigenvalue weighted by Gasteiger charge is 2.06. The van der Waals surface area contributed by atoms with Crippen LogP contribution in [-0.4, -0.2) is 32.6 Å². The van der Waals surface area contributed by atoms with Gasteiger partial charge in [0.1, 0.15) is 11.4 Å². The number of para-hydroxylation sites is 2. The number of aromatic hydroxyl groups is 1. The van der Waals surface area contributed by atoms with Crippen LogP contribution >= 0.6 is 0 Å². The number of phenolic OH excluding ortho intramolecular Hbond substituents is 1. The molecule has 0 bridgehead atoms. The molecular weight excluding hydrogens is 224 g/mol. The van der Waals surface area contributed by atoms with Gasteiger partial charge >= 0.3 is 5.97 Å². The molecule has 2 rings (SSSR count). The second-order valence-electron chi connectivity index (χ2n) is 3.29. The SMILES string of the molecule is O=C(O)COc1cnn(-c2ccccc2O)c1. The molecule has 0 spiro atoms. The number of hydrogen-bond donors (Lipinski definition) is 2. The second kappa shape index (κ2) is 4.56. The summed E-state index contributed by atoms with van der Waals surface area (Å²) in [5.74, 6) is -0.642. The third-order valence-corrected chi connectivity index (χ3v) is 2.05. The van der Waals surface area contributed by atoms with Crippen LogP contribution in [0.15, 0.2) is 36.7 Å². The lowest BCUT2D eigenvalue weighted by molar-refractivity contribution is -0.139. The van der Waals surface area contributed by atoms with Gasteiger partial charge in [0.25, 0.3) is 0 Å². The minimum absolute atomic E-state index is 0.0837. The van der Waals surface area contributed by atoms with E-state index in [0.717, 1.165) is 0 Å². The van der Waals surface area contributed by atoms with E-state index in [0.29, 0.717) is 11.4 Å². The summed E-state index contributed by atoms with van der Waals surface area (Å²) < 4.78 is 6.35. The van der Waals surface area contributed by atoms with Crippen LogP contribution < -0.4 is 4.74 Å². The Labute approximate surface area is 96.7 Å². The number of nitrogens with zero attached hydrogens (tertiary/aromatic N) is 2. The molecule has 0 aliphatic rings. The van der Waals surface area contributed by atoms with Crippen LogP contribution in [0.3, 0.4) is 0 Å². The van der Waals surface area contributed by atoms with Crippen LogP contribution in [0.25, 0.3) is 5.69 Å². The van der Waals surface area contributed by atoms with Gasteiger partial charge in [0.2, 0.25) is 0 Å². The summed E-state index contributed by atoms with van der Waals surface area (Å²) in [5, 5.41) is 22.0. The van der Waals surface area contributed by atoms with Crippen molar-refractivity contribution in [2.45, 2.75) is 0 Å². The van der Waals surface area contributed by atoms with E-state index >= 15 is 0 Å². The van der Waals surface area contributed by atoms with E-state index in [2.05, 4.69) is 5.10 Å². The number of carbonyl (C=O) groups is 1. The number of carboxylic acids is 1. The third-order valence-electron chi connectivity index (χ3n) is 2.05. The Morgan fingerprint density at radius 1 is 1.41 bits per heavy atom. The van der Waals surface area contributed by atoms with Gasteiger partial charge in [-0.05, 0) is 12.1 Å². The van der Waals surface area contributed by atoms with Crippen molar-refractivity contribution < 1.29 is 19.7 Å². The van der Waals surface area contributed by atoms with E-state index in [4.69, 9.17) is 9.84 Å². The maximum Gasteiger partial charge on any atom is 0.341 e. The number of ether oxygens (including phenoxy) is 1. The first-order chi connectivity index (χ1) is 8.16. The molecule has 6 heteroatoms. The third kappa shape index (κ3) is 2.54.